The number of rotatable bonds is 7. The molecule has 2 aliphatic heterocycles. The highest BCUT2D eigenvalue weighted by molar-refractivity contribution is 7.99. The first-order chi connectivity index (χ1) is 12.7. The van der Waals surface area contributed by atoms with Crippen LogP contribution in [-0.4, -0.2) is 93.3 Å². The van der Waals surface area contributed by atoms with E-state index in [-0.39, 0.29) is 11.9 Å². The van der Waals surface area contributed by atoms with Crippen LogP contribution in [0.4, 0.5) is 0 Å². The topological polar surface area (TPSA) is 102 Å². The van der Waals surface area contributed by atoms with Gasteiger partial charge >= 0.3 is 0 Å². The van der Waals surface area contributed by atoms with Gasteiger partial charge in [0.25, 0.3) is 0 Å². The molecule has 0 bridgehead atoms. The van der Waals surface area contributed by atoms with Crippen molar-refractivity contribution < 1.29 is 24.9 Å². The van der Waals surface area contributed by atoms with Gasteiger partial charge in [0, 0.05) is 6.54 Å². The molecule has 2 fully saturated rings. The summed E-state index contributed by atoms with van der Waals surface area (Å²) in [7, 11) is 1.94. The van der Waals surface area contributed by atoms with Gasteiger partial charge in [0.15, 0.2) is 0 Å². The van der Waals surface area contributed by atoms with Crippen LogP contribution in [0.1, 0.15) is 33.1 Å². The van der Waals surface area contributed by atoms with Crippen LogP contribution in [0, 0.1) is 5.92 Å². The second-order valence-corrected chi connectivity index (χ2v) is 9.36. The van der Waals surface area contributed by atoms with Crippen LogP contribution in [0.3, 0.4) is 0 Å². The zero-order chi connectivity index (χ0) is 20.3. The van der Waals surface area contributed by atoms with E-state index in [0.717, 1.165) is 25.8 Å². The third kappa shape index (κ3) is 5.29. The number of aliphatic hydroxyl groups is 3. The van der Waals surface area contributed by atoms with Gasteiger partial charge in [0.2, 0.25) is 5.91 Å². The van der Waals surface area contributed by atoms with Crippen molar-refractivity contribution in [3.8, 4) is 0 Å². The molecule has 7 nitrogen and oxygen atoms in total. The van der Waals surface area contributed by atoms with Crippen LogP contribution < -0.4 is 5.32 Å². The maximum absolute atomic E-state index is 12.9. The van der Waals surface area contributed by atoms with Gasteiger partial charge in [-0.1, -0.05) is 13.3 Å². The van der Waals surface area contributed by atoms with Crippen molar-refractivity contribution in [1.82, 2.24) is 10.2 Å². The summed E-state index contributed by atoms with van der Waals surface area (Å²) in [6.45, 7) is 4.74. The molecule has 1 amide bonds. The van der Waals surface area contributed by atoms with Gasteiger partial charge in [0.05, 0.1) is 17.5 Å². The van der Waals surface area contributed by atoms with Gasteiger partial charge in [-0.2, -0.15) is 0 Å². The highest BCUT2D eigenvalue weighted by Gasteiger charge is 2.48. The van der Waals surface area contributed by atoms with Crippen molar-refractivity contribution in [2.45, 2.75) is 80.4 Å². The third-order valence-electron chi connectivity index (χ3n) is 5.63. The number of hydrogen-bond acceptors (Lipinski definition) is 7. The number of carbonyl (C=O) groups is 1. The van der Waals surface area contributed by atoms with Crippen molar-refractivity contribution in [3.63, 3.8) is 0 Å². The van der Waals surface area contributed by atoms with Crippen LogP contribution in [0.15, 0.2) is 0 Å². The highest BCUT2D eigenvalue weighted by atomic mass is 35.5. The summed E-state index contributed by atoms with van der Waals surface area (Å²) >= 11 is 7.55. The number of amides is 1. The number of nitrogens with zero attached hydrogens (tertiary/aromatic N) is 1. The fourth-order valence-corrected chi connectivity index (χ4v) is 5.00. The Bertz CT molecular complexity index is 498. The standard InChI is InChI=1S/C18H33ClN2O5S/c1-5-6-10-7-11(21(3)8-10)17(25)20-12(9(2)19)16-14(23)13(22)15(24)18(26-16)27-4/h9-16,18,22-24H,5-8H2,1-4H3,(H,20,25)/t9-,10+,11-,12-,13-,14-,15+,16-,18-/m1/s1. The molecule has 9 heteroatoms. The van der Waals surface area contributed by atoms with E-state index in [2.05, 4.69) is 12.2 Å². The van der Waals surface area contributed by atoms with Gasteiger partial charge in [-0.3, -0.25) is 9.69 Å². The minimum atomic E-state index is -1.36. The number of ether oxygens (including phenoxy) is 1. The maximum Gasteiger partial charge on any atom is 0.237 e. The Morgan fingerprint density at radius 3 is 2.56 bits per heavy atom. The minimum Gasteiger partial charge on any atom is -0.388 e. The number of halogens is 1. The minimum absolute atomic E-state index is 0.147. The predicted molar refractivity (Wildman–Crippen MR) is 107 cm³/mol. The van der Waals surface area contributed by atoms with E-state index >= 15 is 0 Å². The molecule has 2 rings (SSSR count). The Morgan fingerprint density at radius 2 is 2.00 bits per heavy atom. The molecule has 2 aliphatic rings. The van der Waals surface area contributed by atoms with Gasteiger partial charge in [-0.05, 0) is 39.0 Å². The molecule has 0 unspecified atom stereocenters. The molecular weight excluding hydrogens is 392 g/mol. The van der Waals surface area contributed by atoms with E-state index in [1.807, 2.05) is 11.9 Å². The summed E-state index contributed by atoms with van der Waals surface area (Å²) in [6.07, 6.45) is -0.0980. The highest BCUT2D eigenvalue weighted by Crippen LogP contribution is 2.31. The summed E-state index contributed by atoms with van der Waals surface area (Å²) in [5, 5.41) is 33.0. The maximum atomic E-state index is 12.9. The zero-order valence-electron chi connectivity index (χ0n) is 16.4. The normalized spacial score (nSPS) is 39.9. The number of likely N-dealkylation sites (N-methyl/N-ethyl adjacent to an activating group) is 1. The van der Waals surface area contributed by atoms with E-state index in [1.165, 1.54) is 11.8 Å². The zero-order valence-corrected chi connectivity index (χ0v) is 18.0. The summed E-state index contributed by atoms with van der Waals surface area (Å²) in [5.41, 5.74) is -0.702. The molecule has 2 saturated heterocycles. The molecule has 0 aromatic heterocycles. The van der Waals surface area contributed by atoms with E-state index in [1.54, 1.807) is 13.2 Å². The van der Waals surface area contributed by atoms with Crippen molar-refractivity contribution >= 4 is 29.3 Å². The number of nitrogens with one attached hydrogen (secondary N) is 1. The summed E-state index contributed by atoms with van der Waals surface area (Å²) in [4.78, 5) is 14.9. The molecule has 4 N–H and O–H groups in total. The lowest BCUT2D eigenvalue weighted by molar-refractivity contribution is -0.205. The van der Waals surface area contributed by atoms with Crippen LogP contribution in [-0.2, 0) is 9.53 Å². The van der Waals surface area contributed by atoms with Crippen molar-refractivity contribution in [3.05, 3.63) is 0 Å². The number of likely N-dealkylation sites (tertiary alicyclic amines) is 1. The average molecular weight is 425 g/mol. The number of carbonyl (C=O) groups excluding carboxylic acids is 1. The quantitative estimate of drug-likeness (QED) is 0.438. The molecule has 0 aromatic carbocycles. The van der Waals surface area contributed by atoms with Crippen LogP contribution in [0.5, 0.6) is 0 Å². The monoisotopic (exact) mass is 424 g/mol. The number of hydrogen-bond donors (Lipinski definition) is 4. The van der Waals surface area contributed by atoms with Crippen LogP contribution in [0.25, 0.3) is 0 Å². The fraction of sp³-hybridized carbons (Fsp3) is 0.944. The lowest BCUT2D eigenvalue weighted by atomic mass is 9.92. The summed E-state index contributed by atoms with van der Waals surface area (Å²) < 4.78 is 5.79. The predicted octanol–water partition coefficient (Wildman–Crippen LogP) is 0.390. The van der Waals surface area contributed by atoms with Crippen LogP contribution in [0.2, 0.25) is 0 Å². The molecule has 0 spiro atoms. The molecule has 27 heavy (non-hydrogen) atoms. The Labute approximate surface area is 170 Å². The largest absolute Gasteiger partial charge is 0.388 e. The molecular formula is C18H33ClN2O5S. The van der Waals surface area contributed by atoms with Crippen molar-refractivity contribution in [2.24, 2.45) is 5.92 Å². The molecule has 0 saturated carbocycles. The first-order valence-corrected chi connectivity index (χ1v) is 11.3. The Morgan fingerprint density at radius 1 is 1.33 bits per heavy atom. The molecule has 9 atom stereocenters. The van der Waals surface area contributed by atoms with Gasteiger partial charge in [-0.15, -0.1) is 23.4 Å². The lowest BCUT2D eigenvalue weighted by Crippen LogP contribution is -2.65. The van der Waals surface area contributed by atoms with Gasteiger partial charge in [-0.25, -0.2) is 0 Å². The SMILES string of the molecule is CCC[C@H]1C[C@H](C(=O)N[C@@H]([C@H]2O[C@H](SC)[C@@H](O)[C@H](O)[C@H]2O)[C@@H](C)Cl)N(C)C1. The molecule has 2 heterocycles. The second kappa shape index (κ2) is 10.1. The molecule has 0 radical (unpaired) electrons. The number of thioether (sulfide) groups is 1. The van der Waals surface area contributed by atoms with E-state index < -0.39 is 41.3 Å². The van der Waals surface area contributed by atoms with Crippen molar-refractivity contribution in [1.29, 1.82) is 0 Å². The smallest absolute Gasteiger partial charge is 0.237 e. The van der Waals surface area contributed by atoms with E-state index in [0.29, 0.717) is 5.92 Å². The Hall–Kier alpha value is -0.0900. The number of alkyl halides is 1. The summed E-state index contributed by atoms with van der Waals surface area (Å²) in [6, 6.07) is -0.934. The van der Waals surface area contributed by atoms with Gasteiger partial charge < -0.3 is 25.4 Å². The second-order valence-electron chi connectivity index (χ2n) is 7.73. The summed E-state index contributed by atoms with van der Waals surface area (Å²) in [5.74, 6) is 0.350. The fourth-order valence-electron chi connectivity index (χ4n) is 4.11. The first kappa shape index (κ1) is 23.2. The van der Waals surface area contributed by atoms with E-state index in [4.69, 9.17) is 16.3 Å². The molecule has 158 valence electrons. The van der Waals surface area contributed by atoms with Crippen molar-refractivity contribution in [2.75, 3.05) is 19.8 Å². The molecule has 0 aliphatic carbocycles. The Kier molecular flexibility index (Phi) is 8.67. The van der Waals surface area contributed by atoms with E-state index in [9.17, 15) is 20.1 Å². The average Bonchev–Trinajstić information content (AvgIpc) is 2.99. The first-order valence-electron chi connectivity index (χ1n) is 9.58. The Balaban J connectivity index is 2.09. The van der Waals surface area contributed by atoms with Crippen LogP contribution >= 0.6 is 23.4 Å². The third-order valence-corrected chi connectivity index (χ3v) is 6.76. The van der Waals surface area contributed by atoms with Gasteiger partial charge in [0.1, 0.15) is 29.9 Å². The molecule has 0 aromatic rings. The number of aliphatic hydroxyl groups excluding tert-OH is 3. The lowest BCUT2D eigenvalue weighted by Gasteiger charge is -2.44.